The van der Waals surface area contributed by atoms with Crippen LogP contribution in [-0.4, -0.2) is 20.9 Å². The number of nitrogens with zero attached hydrogens (tertiary/aromatic N) is 2. The minimum Gasteiger partial charge on any atom is -0.478 e. The number of benzene rings is 1. The molecule has 0 bridgehead atoms. The van der Waals surface area contributed by atoms with E-state index in [0.717, 1.165) is 11.4 Å². The monoisotopic (exact) mass is 244 g/mol. The summed E-state index contributed by atoms with van der Waals surface area (Å²) < 4.78 is 1.73. The number of aromatic nitrogens is 2. The lowest BCUT2D eigenvalue weighted by atomic mass is 10.0. The zero-order chi connectivity index (χ0) is 13.3. The smallest absolute Gasteiger partial charge is 0.339 e. The summed E-state index contributed by atoms with van der Waals surface area (Å²) >= 11 is 0. The van der Waals surface area contributed by atoms with Crippen LogP contribution in [0, 0.1) is 6.92 Å². The van der Waals surface area contributed by atoms with Gasteiger partial charge in [-0.05, 0) is 25.0 Å². The molecule has 1 heterocycles. The van der Waals surface area contributed by atoms with Gasteiger partial charge in [0, 0.05) is 0 Å². The van der Waals surface area contributed by atoms with Crippen molar-refractivity contribution < 1.29 is 9.90 Å². The molecule has 1 aromatic carbocycles. The first-order chi connectivity index (χ1) is 8.52. The maximum Gasteiger partial charge on any atom is 0.339 e. The zero-order valence-corrected chi connectivity index (χ0v) is 10.7. The van der Waals surface area contributed by atoms with E-state index in [0.29, 0.717) is 11.3 Å². The normalized spacial score (nSPS) is 10.9. The van der Waals surface area contributed by atoms with Crippen LogP contribution in [0.25, 0.3) is 5.69 Å². The van der Waals surface area contributed by atoms with Crippen molar-refractivity contribution in [1.82, 2.24) is 9.78 Å². The number of para-hydroxylation sites is 1. The molecule has 0 aliphatic carbocycles. The summed E-state index contributed by atoms with van der Waals surface area (Å²) in [6, 6.07) is 9.59. The third-order valence-electron chi connectivity index (χ3n) is 2.86. The molecule has 4 heteroatoms. The van der Waals surface area contributed by atoms with Crippen LogP contribution in [0.5, 0.6) is 0 Å². The van der Waals surface area contributed by atoms with Gasteiger partial charge in [0.2, 0.25) is 0 Å². The van der Waals surface area contributed by atoms with Crippen molar-refractivity contribution in [3.8, 4) is 5.69 Å². The number of rotatable bonds is 3. The van der Waals surface area contributed by atoms with E-state index < -0.39 is 5.97 Å². The number of carboxylic acids is 1. The Morgan fingerprint density at radius 2 is 1.89 bits per heavy atom. The van der Waals surface area contributed by atoms with Crippen LogP contribution >= 0.6 is 0 Å². The van der Waals surface area contributed by atoms with Gasteiger partial charge in [0.15, 0.2) is 0 Å². The van der Waals surface area contributed by atoms with E-state index in [2.05, 4.69) is 5.10 Å². The van der Waals surface area contributed by atoms with E-state index in [4.69, 9.17) is 0 Å². The maximum atomic E-state index is 11.3. The van der Waals surface area contributed by atoms with Crippen LogP contribution in [0.2, 0.25) is 0 Å². The van der Waals surface area contributed by atoms with Crippen molar-refractivity contribution in [3.63, 3.8) is 0 Å². The fraction of sp³-hybridized carbons (Fsp3) is 0.286. The molecule has 2 rings (SSSR count). The lowest BCUT2D eigenvalue weighted by molar-refractivity contribution is 0.0694. The van der Waals surface area contributed by atoms with Gasteiger partial charge >= 0.3 is 5.97 Å². The molecule has 0 unspecified atom stereocenters. The Hall–Kier alpha value is -2.10. The fourth-order valence-electron chi connectivity index (χ4n) is 2.11. The van der Waals surface area contributed by atoms with E-state index in [-0.39, 0.29) is 5.92 Å². The van der Waals surface area contributed by atoms with E-state index in [9.17, 15) is 9.90 Å². The Kier molecular flexibility index (Phi) is 3.19. The third-order valence-corrected chi connectivity index (χ3v) is 2.86. The highest BCUT2D eigenvalue weighted by molar-refractivity contribution is 5.90. The number of aryl methyl sites for hydroxylation is 1. The molecule has 0 aliphatic heterocycles. The second kappa shape index (κ2) is 4.64. The third kappa shape index (κ3) is 2.01. The first kappa shape index (κ1) is 12.4. The van der Waals surface area contributed by atoms with Crippen molar-refractivity contribution in [3.05, 3.63) is 47.3 Å². The molecule has 0 radical (unpaired) electrons. The van der Waals surface area contributed by atoms with Crippen molar-refractivity contribution in [2.75, 3.05) is 0 Å². The molecule has 1 aromatic heterocycles. The maximum absolute atomic E-state index is 11.3. The molecular formula is C14H16N2O2. The molecule has 0 atom stereocenters. The fourth-order valence-corrected chi connectivity index (χ4v) is 2.11. The number of hydrogen-bond acceptors (Lipinski definition) is 2. The van der Waals surface area contributed by atoms with Gasteiger partial charge in [0.05, 0.1) is 17.1 Å². The molecule has 0 saturated carbocycles. The van der Waals surface area contributed by atoms with Crippen molar-refractivity contribution >= 4 is 5.97 Å². The SMILES string of the molecule is Cc1nn(-c2ccccc2)c(C(C)C)c1C(=O)O. The molecule has 18 heavy (non-hydrogen) atoms. The van der Waals surface area contributed by atoms with Crippen LogP contribution in [0.1, 0.15) is 41.5 Å². The molecule has 94 valence electrons. The molecule has 0 aliphatic rings. The quantitative estimate of drug-likeness (QED) is 0.903. The van der Waals surface area contributed by atoms with Crippen LogP contribution < -0.4 is 0 Å². The van der Waals surface area contributed by atoms with Crippen LogP contribution in [0.3, 0.4) is 0 Å². The minimum atomic E-state index is -0.918. The summed E-state index contributed by atoms with van der Waals surface area (Å²) in [5.41, 5.74) is 2.49. The molecular weight excluding hydrogens is 228 g/mol. The highest BCUT2D eigenvalue weighted by atomic mass is 16.4. The standard InChI is InChI=1S/C14H16N2O2/c1-9(2)13-12(14(17)18)10(3)15-16(13)11-7-5-4-6-8-11/h4-9H,1-3H3,(H,17,18). The summed E-state index contributed by atoms with van der Waals surface area (Å²) in [7, 11) is 0. The van der Waals surface area contributed by atoms with Crippen molar-refractivity contribution in [1.29, 1.82) is 0 Å². The Morgan fingerprint density at radius 3 is 2.39 bits per heavy atom. The number of aromatic carboxylic acids is 1. The van der Waals surface area contributed by atoms with Gasteiger partial charge in [-0.3, -0.25) is 0 Å². The summed E-state index contributed by atoms with van der Waals surface area (Å²) in [6.45, 7) is 5.68. The summed E-state index contributed by atoms with van der Waals surface area (Å²) in [5, 5.41) is 13.7. The van der Waals surface area contributed by atoms with Crippen LogP contribution in [0.4, 0.5) is 0 Å². The number of carbonyl (C=O) groups is 1. The Morgan fingerprint density at radius 1 is 1.28 bits per heavy atom. The predicted molar refractivity (Wildman–Crippen MR) is 69.3 cm³/mol. The average molecular weight is 244 g/mol. The topological polar surface area (TPSA) is 55.1 Å². The lowest BCUT2D eigenvalue weighted by Gasteiger charge is -2.11. The summed E-state index contributed by atoms with van der Waals surface area (Å²) in [6.07, 6.45) is 0. The second-order valence-electron chi connectivity index (χ2n) is 4.55. The number of carboxylic acid groups (broad SMARTS) is 1. The van der Waals surface area contributed by atoms with Crippen molar-refractivity contribution in [2.24, 2.45) is 0 Å². The predicted octanol–water partition coefficient (Wildman–Crippen LogP) is 3.00. The van der Waals surface area contributed by atoms with Gasteiger partial charge in [-0.15, -0.1) is 0 Å². The van der Waals surface area contributed by atoms with Crippen molar-refractivity contribution in [2.45, 2.75) is 26.7 Å². The van der Waals surface area contributed by atoms with Gasteiger partial charge in [-0.2, -0.15) is 5.10 Å². The van der Waals surface area contributed by atoms with E-state index in [1.54, 1.807) is 11.6 Å². The van der Waals surface area contributed by atoms with Gasteiger partial charge in [0.25, 0.3) is 0 Å². The van der Waals surface area contributed by atoms with Gasteiger partial charge in [-0.25, -0.2) is 9.48 Å². The summed E-state index contributed by atoms with van der Waals surface area (Å²) in [4.78, 5) is 11.3. The largest absolute Gasteiger partial charge is 0.478 e. The molecule has 0 amide bonds. The average Bonchev–Trinajstić information content (AvgIpc) is 2.68. The van der Waals surface area contributed by atoms with Gasteiger partial charge in [-0.1, -0.05) is 32.0 Å². The Balaban J connectivity index is 2.69. The second-order valence-corrected chi connectivity index (χ2v) is 4.55. The van der Waals surface area contributed by atoms with Crippen LogP contribution in [-0.2, 0) is 0 Å². The lowest BCUT2D eigenvalue weighted by Crippen LogP contribution is -2.08. The molecule has 1 N–H and O–H groups in total. The molecule has 0 fully saturated rings. The molecule has 2 aromatic rings. The summed E-state index contributed by atoms with van der Waals surface area (Å²) in [5.74, 6) is -0.823. The van der Waals surface area contributed by atoms with Gasteiger partial charge < -0.3 is 5.11 Å². The highest BCUT2D eigenvalue weighted by Gasteiger charge is 2.23. The van der Waals surface area contributed by atoms with E-state index in [1.807, 2.05) is 44.2 Å². The first-order valence-corrected chi connectivity index (χ1v) is 5.90. The first-order valence-electron chi connectivity index (χ1n) is 5.90. The zero-order valence-electron chi connectivity index (χ0n) is 10.7. The molecule has 0 spiro atoms. The highest BCUT2D eigenvalue weighted by Crippen LogP contribution is 2.25. The van der Waals surface area contributed by atoms with E-state index >= 15 is 0 Å². The van der Waals surface area contributed by atoms with Gasteiger partial charge in [0.1, 0.15) is 5.56 Å². The molecule has 4 nitrogen and oxygen atoms in total. The van der Waals surface area contributed by atoms with Crippen LogP contribution in [0.15, 0.2) is 30.3 Å². The molecule has 0 saturated heterocycles. The minimum absolute atomic E-state index is 0.0949. The van der Waals surface area contributed by atoms with E-state index in [1.165, 1.54) is 0 Å². The Labute approximate surface area is 106 Å². The Bertz CT molecular complexity index is 571. The number of hydrogen-bond donors (Lipinski definition) is 1.